The smallest absolute Gasteiger partial charge is 0.255 e. The van der Waals surface area contributed by atoms with Crippen LogP contribution in [0.4, 0.5) is 0 Å². The lowest BCUT2D eigenvalue weighted by molar-refractivity contribution is -0.146. The first-order chi connectivity index (χ1) is 19.9. The van der Waals surface area contributed by atoms with Crippen LogP contribution in [0.3, 0.4) is 0 Å². The van der Waals surface area contributed by atoms with E-state index in [1.165, 1.54) is 16.0 Å². The Hall–Kier alpha value is -3.36. The highest BCUT2D eigenvalue weighted by Crippen LogP contribution is 2.36. The zero-order chi connectivity index (χ0) is 29.4. The van der Waals surface area contributed by atoms with Crippen LogP contribution in [-0.2, 0) is 20.9 Å². The predicted molar refractivity (Wildman–Crippen MR) is 165 cm³/mol. The summed E-state index contributed by atoms with van der Waals surface area (Å²) in [6, 6.07) is 7.82. The lowest BCUT2D eigenvalue weighted by atomic mass is 9.94. The van der Waals surface area contributed by atoms with Gasteiger partial charge in [-0.2, -0.15) is 0 Å². The van der Waals surface area contributed by atoms with Gasteiger partial charge in [-0.3, -0.25) is 9.59 Å². The quantitative estimate of drug-likeness (QED) is 0.402. The van der Waals surface area contributed by atoms with Crippen molar-refractivity contribution in [3.05, 3.63) is 77.0 Å². The molecule has 2 fully saturated rings. The molecule has 1 saturated carbocycles. The number of likely N-dealkylation sites (tertiary alicyclic amines) is 1. The first kappa shape index (κ1) is 30.6. The highest BCUT2D eigenvalue weighted by atomic mass is 32.1. The molecule has 7 nitrogen and oxygen atoms in total. The van der Waals surface area contributed by atoms with Crippen molar-refractivity contribution in [2.24, 2.45) is 5.92 Å². The van der Waals surface area contributed by atoms with Crippen molar-refractivity contribution >= 4 is 29.4 Å². The van der Waals surface area contributed by atoms with Crippen molar-refractivity contribution in [2.75, 3.05) is 20.1 Å². The highest BCUT2D eigenvalue weighted by Gasteiger charge is 2.45. The van der Waals surface area contributed by atoms with Gasteiger partial charge in [-0.1, -0.05) is 61.9 Å². The minimum atomic E-state index is -0.469. The molecule has 1 aliphatic carbocycles. The Bertz CT molecular complexity index is 1290. The fourth-order valence-electron chi connectivity index (χ4n) is 6.22. The molecule has 2 atom stereocenters. The number of carbonyl (C=O) groups is 3. The Morgan fingerprint density at radius 1 is 1.20 bits per heavy atom. The molecule has 41 heavy (non-hydrogen) atoms. The molecule has 1 aromatic heterocycles. The SMILES string of the molecule is C=CC1=C(/C=C\C)CN(C(C(=O)N2CCCC2C=O)C2CCCC2)C1=O.CNCc1ccc(-c2scnc2C)cc1. The van der Waals surface area contributed by atoms with Gasteiger partial charge in [-0.15, -0.1) is 11.3 Å². The molecule has 2 amide bonds. The predicted octanol–water partition coefficient (Wildman–Crippen LogP) is 5.47. The summed E-state index contributed by atoms with van der Waals surface area (Å²) in [5.41, 5.74) is 7.08. The summed E-state index contributed by atoms with van der Waals surface area (Å²) in [5.74, 6) is 0.0144. The van der Waals surface area contributed by atoms with E-state index < -0.39 is 6.04 Å². The zero-order valence-corrected chi connectivity index (χ0v) is 25.3. The molecule has 2 aromatic rings. The van der Waals surface area contributed by atoms with Crippen LogP contribution in [0.25, 0.3) is 10.4 Å². The fraction of sp³-hybridized carbons (Fsp3) is 0.455. The average molecular weight is 575 g/mol. The van der Waals surface area contributed by atoms with Gasteiger partial charge in [0.25, 0.3) is 5.91 Å². The Morgan fingerprint density at radius 3 is 2.51 bits per heavy atom. The van der Waals surface area contributed by atoms with Gasteiger partial charge in [0.15, 0.2) is 0 Å². The highest BCUT2D eigenvalue weighted by molar-refractivity contribution is 7.13. The average Bonchev–Trinajstić information content (AvgIpc) is 3.79. The summed E-state index contributed by atoms with van der Waals surface area (Å²) in [7, 11) is 1.96. The van der Waals surface area contributed by atoms with E-state index in [0.717, 1.165) is 62.6 Å². The van der Waals surface area contributed by atoms with Crippen molar-refractivity contribution in [3.63, 3.8) is 0 Å². The summed E-state index contributed by atoms with van der Waals surface area (Å²) in [5, 5.41) is 3.14. The molecule has 1 aromatic carbocycles. The molecule has 8 heteroatoms. The number of hydrogen-bond donors (Lipinski definition) is 1. The normalized spacial score (nSPS) is 20.1. The molecule has 0 radical (unpaired) electrons. The molecular formula is C33H42N4O3S. The van der Waals surface area contributed by atoms with E-state index in [9.17, 15) is 14.4 Å². The van der Waals surface area contributed by atoms with E-state index in [1.807, 2.05) is 38.6 Å². The van der Waals surface area contributed by atoms with Gasteiger partial charge in [0.2, 0.25) is 5.91 Å². The third-order valence-corrected chi connectivity index (χ3v) is 9.24. The Kier molecular flexibility index (Phi) is 10.8. The number of rotatable bonds is 9. The Labute approximate surface area is 248 Å². The number of aldehydes is 1. The number of aromatic nitrogens is 1. The lowest BCUT2D eigenvalue weighted by Gasteiger charge is -2.35. The lowest BCUT2D eigenvalue weighted by Crippen LogP contribution is -2.54. The van der Waals surface area contributed by atoms with Crippen molar-refractivity contribution in [2.45, 2.75) is 71.0 Å². The maximum Gasteiger partial charge on any atom is 0.255 e. The van der Waals surface area contributed by atoms with Crippen LogP contribution < -0.4 is 5.32 Å². The molecular weight excluding hydrogens is 532 g/mol. The van der Waals surface area contributed by atoms with Gasteiger partial charge in [-0.05, 0) is 69.2 Å². The van der Waals surface area contributed by atoms with E-state index in [4.69, 9.17) is 0 Å². The topological polar surface area (TPSA) is 82.6 Å². The van der Waals surface area contributed by atoms with Gasteiger partial charge >= 0.3 is 0 Å². The maximum atomic E-state index is 13.4. The number of hydrogen-bond acceptors (Lipinski definition) is 6. The summed E-state index contributed by atoms with van der Waals surface area (Å²) >= 11 is 1.70. The van der Waals surface area contributed by atoms with Gasteiger partial charge < -0.3 is 19.9 Å². The number of benzene rings is 1. The zero-order valence-electron chi connectivity index (χ0n) is 24.5. The van der Waals surface area contributed by atoms with Crippen LogP contribution in [0.1, 0.15) is 56.7 Å². The Morgan fingerprint density at radius 2 is 1.93 bits per heavy atom. The fourth-order valence-corrected chi connectivity index (χ4v) is 7.03. The van der Waals surface area contributed by atoms with E-state index in [2.05, 4.69) is 41.1 Å². The van der Waals surface area contributed by atoms with Crippen molar-refractivity contribution in [1.82, 2.24) is 20.1 Å². The molecule has 1 saturated heterocycles. The van der Waals surface area contributed by atoms with Gasteiger partial charge in [0.05, 0.1) is 22.1 Å². The van der Waals surface area contributed by atoms with Crippen LogP contribution in [0, 0.1) is 12.8 Å². The summed E-state index contributed by atoms with van der Waals surface area (Å²) in [4.78, 5) is 46.8. The first-order valence-electron chi connectivity index (χ1n) is 14.6. The standard InChI is InChI=1S/C21H28N2O3.C12H14N2S/c1-3-8-16-13-23(20(25)18(16)4-2)19(15-9-5-6-10-15)21(26)22-12-7-11-17(22)14-24;1-9-12(15-8-14-9)11-5-3-10(4-6-11)7-13-2/h3-4,8,14-15,17,19H,2,5-7,9-13H2,1H3;3-6,8,13H,7H2,1-2H3/b8-3-;. The van der Waals surface area contributed by atoms with E-state index in [0.29, 0.717) is 18.7 Å². The molecule has 0 spiro atoms. The minimum absolute atomic E-state index is 0.0509. The van der Waals surface area contributed by atoms with Crippen molar-refractivity contribution in [1.29, 1.82) is 0 Å². The van der Waals surface area contributed by atoms with Gasteiger partial charge in [-0.25, -0.2) is 4.98 Å². The molecule has 3 heterocycles. The second kappa shape index (κ2) is 14.5. The van der Waals surface area contributed by atoms with Gasteiger partial charge in [0.1, 0.15) is 12.3 Å². The number of carbonyl (C=O) groups excluding carboxylic acids is 3. The molecule has 2 unspecified atom stereocenters. The summed E-state index contributed by atoms with van der Waals surface area (Å²) in [6.45, 7) is 9.72. The molecule has 0 bridgehead atoms. The van der Waals surface area contributed by atoms with Crippen LogP contribution in [0.15, 0.2) is 65.7 Å². The molecule has 1 N–H and O–H groups in total. The van der Waals surface area contributed by atoms with Crippen LogP contribution in [-0.4, -0.2) is 65.1 Å². The Balaban J connectivity index is 0.000000218. The van der Waals surface area contributed by atoms with Crippen molar-refractivity contribution < 1.29 is 14.4 Å². The summed E-state index contributed by atoms with van der Waals surface area (Å²) < 4.78 is 0. The van der Waals surface area contributed by atoms with E-state index >= 15 is 0 Å². The van der Waals surface area contributed by atoms with Gasteiger partial charge in [0, 0.05) is 25.2 Å². The number of aryl methyl sites for hydroxylation is 1. The number of amides is 2. The summed E-state index contributed by atoms with van der Waals surface area (Å²) in [6.07, 6.45) is 12.0. The molecule has 3 aliphatic rings. The third kappa shape index (κ3) is 6.93. The third-order valence-electron chi connectivity index (χ3n) is 8.27. The molecule has 5 rings (SSSR count). The second-order valence-corrected chi connectivity index (χ2v) is 11.8. The van der Waals surface area contributed by atoms with Crippen LogP contribution in [0.2, 0.25) is 0 Å². The second-order valence-electron chi connectivity index (χ2n) is 10.9. The van der Waals surface area contributed by atoms with Crippen molar-refractivity contribution in [3.8, 4) is 10.4 Å². The number of nitrogens with one attached hydrogen (secondary N) is 1. The van der Waals surface area contributed by atoms with E-state index in [1.54, 1.807) is 27.2 Å². The number of nitrogens with zero attached hydrogens (tertiary/aromatic N) is 3. The molecule has 2 aliphatic heterocycles. The molecule has 218 valence electrons. The first-order valence-corrected chi connectivity index (χ1v) is 15.5. The maximum absolute atomic E-state index is 13.4. The largest absolute Gasteiger partial charge is 0.331 e. The van der Waals surface area contributed by atoms with Crippen LogP contribution >= 0.6 is 11.3 Å². The minimum Gasteiger partial charge on any atom is -0.331 e. The van der Waals surface area contributed by atoms with E-state index in [-0.39, 0.29) is 23.8 Å². The number of thiazole rings is 1. The van der Waals surface area contributed by atoms with Crippen LogP contribution in [0.5, 0.6) is 0 Å². The monoisotopic (exact) mass is 574 g/mol. The number of allylic oxidation sites excluding steroid dienone is 1.